The molecule has 26 heteroatoms. The first-order valence-electron chi connectivity index (χ1n) is 34.4. The van der Waals surface area contributed by atoms with E-state index in [0.29, 0.717) is 121 Å². The Hall–Kier alpha value is -12.3. The quantitative estimate of drug-likeness (QED) is 0.0626. The molecule has 0 aliphatic carbocycles. The fourth-order valence-corrected chi connectivity index (χ4v) is 15.4. The van der Waals surface area contributed by atoms with Crippen molar-refractivity contribution in [1.82, 2.24) is 44.3 Å². The molecule has 9 heterocycles. The number of aromatic amines is 3. The largest absolute Gasteiger partial charge is 0.478 e. The fraction of sp³-hybridized carbons (Fsp3) is 0.185. The van der Waals surface area contributed by atoms with Crippen LogP contribution in [-0.4, -0.2) is 117 Å². The lowest BCUT2D eigenvalue weighted by atomic mass is 9.89. The van der Waals surface area contributed by atoms with Crippen LogP contribution in [0.25, 0.3) is 116 Å². The van der Waals surface area contributed by atoms with Gasteiger partial charge in [0.05, 0.1) is 68.4 Å². The van der Waals surface area contributed by atoms with Crippen molar-refractivity contribution in [3.63, 3.8) is 0 Å². The van der Waals surface area contributed by atoms with E-state index in [1.165, 1.54) is 42.5 Å². The van der Waals surface area contributed by atoms with Gasteiger partial charge >= 0.3 is 17.9 Å². The number of hydrogen-bond donors (Lipinski definition) is 6. The van der Waals surface area contributed by atoms with Gasteiger partial charge in [0.2, 0.25) is 0 Å². The lowest BCUT2D eigenvalue weighted by Crippen LogP contribution is -2.17. The Morgan fingerprint density at radius 2 is 0.720 bits per heavy atom. The first-order valence-corrected chi connectivity index (χ1v) is 34.4. The molecule has 3 aliphatic rings. The minimum atomic E-state index is -1.25. The van der Waals surface area contributed by atoms with Gasteiger partial charge in [0.25, 0.3) is 0 Å². The molecule has 6 N–H and O–H groups in total. The maximum atomic E-state index is 15.5. The highest BCUT2D eigenvalue weighted by atomic mass is 19.2. The van der Waals surface area contributed by atoms with Crippen molar-refractivity contribution in [3.8, 4) is 50.4 Å². The van der Waals surface area contributed by atoms with Crippen molar-refractivity contribution in [2.75, 3.05) is 39.6 Å². The molecule has 6 aromatic heterocycles. The van der Waals surface area contributed by atoms with E-state index in [1.54, 1.807) is 48.9 Å². The SMILES string of the molecule is O=C(O)c1cc(F)cc(-c2c(C3CCOCC3)n(-c3ccc(F)c(F)c3)c3cc4cn[nH]c4cc23)c1.O=C(O)c1ccc(-c2c(C3CCOCC3)n(-c3ccc(F)c(F)c3)c3cc4cn[nH]c4cc23)c(F)c1.O=C(O)c1ccc(-c2c(C3CCOCC3)n(-c3ccc(F)c(F)c3)c3cc4cn[nH]c4cc23)cc1. The van der Waals surface area contributed by atoms with E-state index in [-0.39, 0.29) is 40.0 Å². The number of H-pyrrole nitrogens is 3. The third kappa shape index (κ3) is 12.9. The number of carbonyl (C=O) groups is 3. The Kier molecular flexibility index (Phi) is 18.3. The fourth-order valence-electron chi connectivity index (χ4n) is 15.4. The molecular formula is C81H61F8N9O9. The summed E-state index contributed by atoms with van der Waals surface area (Å²) in [5.41, 5.74) is 11.8. The number of carboxylic acids is 3. The number of nitrogens with one attached hydrogen (secondary N) is 3. The van der Waals surface area contributed by atoms with Crippen molar-refractivity contribution in [2.45, 2.75) is 56.3 Å². The van der Waals surface area contributed by atoms with Gasteiger partial charge in [-0.15, -0.1) is 0 Å². The number of nitrogens with zero attached hydrogens (tertiary/aromatic N) is 6. The maximum Gasteiger partial charge on any atom is 0.335 e. The Bertz CT molecular complexity index is 6040. The van der Waals surface area contributed by atoms with Crippen LogP contribution in [0.1, 0.15) is 104 Å². The van der Waals surface area contributed by atoms with Crippen LogP contribution in [0.15, 0.2) is 170 Å². The third-order valence-electron chi connectivity index (χ3n) is 20.3. The molecule has 9 aromatic carbocycles. The number of aromatic carboxylic acids is 3. The predicted molar refractivity (Wildman–Crippen MR) is 384 cm³/mol. The van der Waals surface area contributed by atoms with Gasteiger partial charge in [-0.2, -0.15) is 15.3 Å². The Morgan fingerprint density at radius 3 is 1.09 bits per heavy atom. The normalized spacial score (nSPS) is 14.7. The van der Waals surface area contributed by atoms with Gasteiger partial charge < -0.3 is 43.2 Å². The first kappa shape index (κ1) is 69.1. The second-order valence-electron chi connectivity index (χ2n) is 26.6. The van der Waals surface area contributed by atoms with Crippen LogP contribution in [0.3, 0.4) is 0 Å². The molecule has 107 heavy (non-hydrogen) atoms. The van der Waals surface area contributed by atoms with Crippen LogP contribution >= 0.6 is 0 Å². The highest BCUT2D eigenvalue weighted by molar-refractivity contribution is 6.09. The van der Waals surface area contributed by atoms with Gasteiger partial charge in [0.15, 0.2) is 34.9 Å². The first-order chi connectivity index (χ1) is 51.8. The number of rotatable bonds is 12. The van der Waals surface area contributed by atoms with Crippen LogP contribution in [0.4, 0.5) is 35.1 Å². The molecular weight excluding hydrogens is 1390 g/mol. The van der Waals surface area contributed by atoms with Crippen LogP contribution in [0.5, 0.6) is 0 Å². The molecule has 18 nitrogen and oxygen atoms in total. The zero-order valence-corrected chi connectivity index (χ0v) is 56.4. The molecule has 3 fully saturated rings. The molecule has 0 radical (unpaired) electrons. The minimum absolute atomic E-state index is 0.0534. The van der Waals surface area contributed by atoms with Crippen molar-refractivity contribution in [3.05, 3.63) is 251 Å². The number of carboxylic acid groups (broad SMARTS) is 3. The number of aromatic nitrogens is 9. The van der Waals surface area contributed by atoms with Crippen molar-refractivity contribution in [2.24, 2.45) is 0 Å². The molecule has 0 spiro atoms. The third-order valence-corrected chi connectivity index (χ3v) is 20.3. The average Bonchev–Trinajstić information content (AvgIpc) is 1.58. The topological polar surface area (TPSA) is 240 Å². The monoisotopic (exact) mass is 1460 g/mol. The second-order valence-corrected chi connectivity index (χ2v) is 26.6. The molecule has 0 unspecified atom stereocenters. The smallest absolute Gasteiger partial charge is 0.335 e. The standard InChI is InChI=1S/2C27H20F3N3O3.C27H21F2N3O3/c28-20-4-2-17(11-22(20)30)33-24-10-16-13-31-32-23(16)12-19(24)25(26(33)14-5-7-36-8-6-14)18-3-1-15(27(34)35)9-21(18)29;28-18-8-15(7-16(9-18)27(34)35)25-20-12-23-17(13-31-32-23)10-24(20)33(19-1-2-21(29)22(30)11-19)26(25)14-3-5-36-6-4-14;28-21-6-5-19(12-22(21)29)32-24-11-18-14-30-31-23(18)13-20(24)25(26(32)16-7-9-35-10-8-16)15-1-3-17(4-2-15)27(33)34/h1-4,9-14H,5-8H2,(H,31,32)(H,34,35);1-2,7-14H,3-6H2,(H,31,32)(H,34,35);1-6,11-14,16H,7-10H2,(H,30,31)(H,33,34). The number of halogens is 8. The van der Waals surface area contributed by atoms with Gasteiger partial charge in [0.1, 0.15) is 11.6 Å². The molecule has 18 rings (SSSR count). The second kappa shape index (κ2) is 28.3. The summed E-state index contributed by atoms with van der Waals surface area (Å²) in [6.45, 7) is 3.25. The van der Waals surface area contributed by atoms with E-state index >= 15 is 4.39 Å². The molecule has 3 saturated heterocycles. The highest BCUT2D eigenvalue weighted by Gasteiger charge is 2.34. The van der Waals surface area contributed by atoms with Gasteiger partial charge in [-0.05, 0) is 165 Å². The van der Waals surface area contributed by atoms with Crippen molar-refractivity contribution < 1.29 is 79.0 Å². The number of ether oxygens (including phenoxy) is 3. The van der Waals surface area contributed by atoms with Crippen molar-refractivity contribution >= 4 is 83.3 Å². The van der Waals surface area contributed by atoms with Gasteiger partial charge in [0, 0.05) is 164 Å². The van der Waals surface area contributed by atoms with E-state index in [9.17, 15) is 60.4 Å². The maximum absolute atomic E-state index is 15.5. The van der Waals surface area contributed by atoms with Crippen molar-refractivity contribution in [1.29, 1.82) is 0 Å². The molecule has 15 aromatic rings. The Labute approximate surface area is 601 Å². The number of hydrogen-bond acceptors (Lipinski definition) is 9. The summed E-state index contributed by atoms with van der Waals surface area (Å²) in [5, 5.41) is 54.3. The number of fused-ring (bicyclic) bond motifs is 6. The highest BCUT2D eigenvalue weighted by Crippen LogP contribution is 2.49. The number of benzene rings is 9. The summed E-state index contributed by atoms with van der Waals surface area (Å²) in [5.74, 6) is -10.6. The van der Waals surface area contributed by atoms with Gasteiger partial charge in [-0.3, -0.25) is 15.3 Å². The Balaban J connectivity index is 0.000000123. The van der Waals surface area contributed by atoms with Crippen LogP contribution in [0.2, 0.25) is 0 Å². The molecule has 540 valence electrons. The molecule has 3 aliphatic heterocycles. The average molecular weight is 1460 g/mol. The van der Waals surface area contributed by atoms with Crippen LogP contribution in [-0.2, 0) is 14.2 Å². The Morgan fingerprint density at radius 1 is 0.355 bits per heavy atom. The van der Waals surface area contributed by atoms with Gasteiger partial charge in [-0.25, -0.2) is 49.5 Å². The summed E-state index contributed by atoms with van der Waals surface area (Å²) < 4.78 is 138. The molecule has 0 amide bonds. The molecule has 0 saturated carbocycles. The van der Waals surface area contributed by atoms with E-state index in [4.69, 9.17) is 14.2 Å². The van der Waals surface area contributed by atoms with Crippen LogP contribution in [0, 0.1) is 46.5 Å². The van der Waals surface area contributed by atoms with E-state index in [0.717, 1.165) is 127 Å². The van der Waals surface area contributed by atoms with E-state index in [2.05, 4.69) is 30.6 Å². The summed E-state index contributed by atoms with van der Waals surface area (Å²) in [4.78, 5) is 34.6. The zero-order valence-electron chi connectivity index (χ0n) is 56.4. The molecule has 0 bridgehead atoms. The van der Waals surface area contributed by atoms with E-state index < -0.39 is 64.4 Å². The van der Waals surface area contributed by atoms with E-state index in [1.807, 2.05) is 50.1 Å². The summed E-state index contributed by atoms with van der Waals surface area (Å²) in [6, 6.07) is 37.2. The van der Waals surface area contributed by atoms with Crippen LogP contribution < -0.4 is 0 Å². The van der Waals surface area contributed by atoms with Gasteiger partial charge in [-0.1, -0.05) is 18.2 Å². The summed E-state index contributed by atoms with van der Waals surface area (Å²) in [7, 11) is 0. The predicted octanol–water partition coefficient (Wildman–Crippen LogP) is 18.4. The lowest BCUT2D eigenvalue weighted by molar-refractivity contribution is 0.0685. The summed E-state index contributed by atoms with van der Waals surface area (Å²) >= 11 is 0. The molecule has 0 atom stereocenters. The lowest BCUT2D eigenvalue weighted by Gasteiger charge is -2.26. The summed E-state index contributed by atoms with van der Waals surface area (Å²) in [6.07, 6.45) is 9.24. The minimum Gasteiger partial charge on any atom is -0.478 e. The zero-order chi connectivity index (χ0) is 74.1.